The minimum absolute atomic E-state index is 0.529. The van der Waals surface area contributed by atoms with Crippen molar-refractivity contribution in [1.29, 1.82) is 0 Å². The summed E-state index contributed by atoms with van der Waals surface area (Å²) in [7, 11) is 0. The Bertz CT molecular complexity index is 4230. The molecule has 14 aromatic rings. The van der Waals surface area contributed by atoms with Crippen LogP contribution in [-0.4, -0.2) is 9.13 Å². The molecule has 0 saturated heterocycles. The number of rotatable bonds is 7. The van der Waals surface area contributed by atoms with Gasteiger partial charge in [0.2, 0.25) is 5.69 Å². The maximum Gasteiger partial charge on any atom is 0.234 e. The molecule has 11 aromatic carbocycles. The van der Waals surface area contributed by atoms with E-state index in [2.05, 4.69) is 257 Å². The fraction of sp³-hybridized carbons (Fsp3) is 0. The highest BCUT2D eigenvalue weighted by Gasteiger charge is 2.28. The Morgan fingerprint density at radius 1 is 0.324 bits per heavy atom. The first-order valence-corrected chi connectivity index (χ1v) is 24.0. The molecular formula is C67H41N3O. The minimum Gasteiger partial charge on any atom is -0.455 e. The normalized spacial score (nSPS) is 11.6. The van der Waals surface area contributed by atoms with E-state index in [-0.39, 0.29) is 0 Å². The molecule has 4 nitrogen and oxygen atoms in total. The van der Waals surface area contributed by atoms with E-state index in [9.17, 15) is 6.57 Å². The zero-order valence-electron chi connectivity index (χ0n) is 38.4. The molecule has 0 fully saturated rings. The van der Waals surface area contributed by atoms with Crippen molar-refractivity contribution >= 4 is 71.2 Å². The van der Waals surface area contributed by atoms with Crippen LogP contribution in [0.2, 0.25) is 0 Å². The maximum absolute atomic E-state index is 9.43. The van der Waals surface area contributed by atoms with E-state index >= 15 is 0 Å². The van der Waals surface area contributed by atoms with E-state index in [1.54, 1.807) is 0 Å². The summed E-state index contributed by atoms with van der Waals surface area (Å²) in [5.41, 5.74) is 18.7. The Hall–Kier alpha value is -9.69. The first-order chi connectivity index (χ1) is 35.2. The van der Waals surface area contributed by atoms with Crippen LogP contribution >= 0.6 is 0 Å². The van der Waals surface area contributed by atoms with Gasteiger partial charge in [-0.3, -0.25) is 0 Å². The third-order valence-corrected chi connectivity index (χ3v) is 14.3. The second-order valence-electron chi connectivity index (χ2n) is 18.3. The van der Waals surface area contributed by atoms with Crippen LogP contribution in [0.15, 0.2) is 253 Å². The van der Waals surface area contributed by atoms with Gasteiger partial charge in [0.15, 0.2) is 0 Å². The lowest BCUT2D eigenvalue weighted by Gasteiger charge is -2.18. The molecule has 0 amide bonds. The second kappa shape index (κ2) is 16.2. The van der Waals surface area contributed by atoms with Crippen LogP contribution in [-0.2, 0) is 0 Å². The van der Waals surface area contributed by atoms with Crippen LogP contribution in [0, 0.1) is 6.57 Å². The van der Waals surface area contributed by atoms with Crippen molar-refractivity contribution in [2.75, 3.05) is 0 Å². The number of benzene rings is 11. The van der Waals surface area contributed by atoms with Gasteiger partial charge in [-0.05, 0) is 105 Å². The molecule has 0 saturated carbocycles. The Kier molecular flexibility index (Phi) is 9.23. The summed E-state index contributed by atoms with van der Waals surface area (Å²) in [5, 5.41) is 6.25. The van der Waals surface area contributed by atoms with Crippen molar-refractivity contribution in [1.82, 2.24) is 9.13 Å². The summed E-state index contributed by atoms with van der Waals surface area (Å²) in [6, 6.07) is 88.2. The zero-order chi connectivity index (χ0) is 47.0. The molecular weight excluding hydrogens is 863 g/mol. The van der Waals surface area contributed by atoms with E-state index in [0.29, 0.717) is 11.3 Å². The summed E-state index contributed by atoms with van der Waals surface area (Å²) in [6.45, 7) is 9.43. The van der Waals surface area contributed by atoms with Crippen molar-refractivity contribution in [3.8, 4) is 67.0 Å². The lowest BCUT2D eigenvalue weighted by molar-refractivity contribution is 0.669. The average molecular weight is 904 g/mol. The smallest absolute Gasteiger partial charge is 0.234 e. The number of fused-ring (bicyclic) bond motifs is 9. The largest absolute Gasteiger partial charge is 0.455 e. The predicted molar refractivity (Wildman–Crippen MR) is 296 cm³/mol. The third-order valence-electron chi connectivity index (χ3n) is 14.3. The minimum atomic E-state index is 0.529. The van der Waals surface area contributed by atoms with Crippen molar-refractivity contribution in [3.63, 3.8) is 0 Å². The van der Waals surface area contributed by atoms with Crippen molar-refractivity contribution < 1.29 is 4.42 Å². The summed E-state index contributed by atoms with van der Waals surface area (Å²) >= 11 is 0. The van der Waals surface area contributed by atoms with Crippen LogP contribution in [0.3, 0.4) is 0 Å². The van der Waals surface area contributed by atoms with E-state index < -0.39 is 0 Å². The number of para-hydroxylation sites is 1. The number of nitrogens with zero attached hydrogens (tertiary/aromatic N) is 3. The molecule has 0 spiro atoms. The fourth-order valence-electron chi connectivity index (χ4n) is 11.0. The van der Waals surface area contributed by atoms with Crippen LogP contribution in [0.4, 0.5) is 5.69 Å². The van der Waals surface area contributed by atoms with Gasteiger partial charge in [-0.15, -0.1) is 0 Å². The highest BCUT2D eigenvalue weighted by atomic mass is 16.3. The maximum atomic E-state index is 9.43. The molecule has 3 heterocycles. The lowest BCUT2D eigenvalue weighted by Crippen LogP contribution is -2.01. The molecule has 0 N–H and O–H groups in total. The second-order valence-corrected chi connectivity index (χ2v) is 18.3. The first kappa shape index (κ1) is 40.4. The van der Waals surface area contributed by atoms with Crippen molar-refractivity contribution in [2.24, 2.45) is 0 Å². The van der Waals surface area contributed by atoms with Crippen molar-refractivity contribution in [2.45, 2.75) is 0 Å². The average Bonchev–Trinajstić information content (AvgIpc) is 4.10. The van der Waals surface area contributed by atoms with Gasteiger partial charge in [0.25, 0.3) is 0 Å². The van der Waals surface area contributed by atoms with Gasteiger partial charge in [-0.1, -0.05) is 194 Å². The van der Waals surface area contributed by atoms with E-state index in [1.807, 2.05) is 6.07 Å². The van der Waals surface area contributed by atoms with Crippen LogP contribution in [0.5, 0.6) is 0 Å². The van der Waals surface area contributed by atoms with Crippen LogP contribution in [0.1, 0.15) is 0 Å². The van der Waals surface area contributed by atoms with E-state index in [0.717, 1.165) is 127 Å². The Balaban J connectivity index is 1.13. The molecule has 0 radical (unpaired) electrons. The molecule has 0 aliphatic heterocycles. The summed E-state index contributed by atoms with van der Waals surface area (Å²) in [6.07, 6.45) is 0. The van der Waals surface area contributed by atoms with Crippen LogP contribution in [0.25, 0.3) is 137 Å². The quantitative estimate of drug-likeness (QED) is 0.146. The molecule has 0 bridgehead atoms. The van der Waals surface area contributed by atoms with E-state index in [1.165, 1.54) is 0 Å². The fourth-order valence-corrected chi connectivity index (χ4v) is 11.0. The standard InChI is InChI=1S/C67H41N3O/c1-68-65-62(69-58-34-30-48(43-18-7-2-8-19-43)38-54(58)55-39-49(31-35-59(55)69)44-20-9-3-10-21-44)42-63-64(53-29-17-28-52(67(53)71-63)47-26-15-6-16-27-47)66(65)70-60-36-32-50(45-22-11-4-12-23-45)40-56(60)57-41-51(33-37-61(57)70)46-24-13-5-14-25-46/h2-42H. The molecule has 0 aliphatic rings. The topological polar surface area (TPSA) is 27.4 Å². The van der Waals surface area contributed by atoms with Gasteiger partial charge >= 0.3 is 0 Å². The number of hydrogen-bond donors (Lipinski definition) is 0. The van der Waals surface area contributed by atoms with Crippen LogP contribution < -0.4 is 0 Å². The van der Waals surface area contributed by atoms with Gasteiger partial charge in [0.1, 0.15) is 11.2 Å². The van der Waals surface area contributed by atoms with Gasteiger partial charge in [-0.25, -0.2) is 4.85 Å². The Morgan fingerprint density at radius 2 is 0.704 bits per heavy atom. The molecule has 4 heteroatoms. The monoisotopic (exact) mass is 903 g/mol. The number of aromatic nitrogens is 2. The van der Waals surface area contributed by atoms with Gasteiger partial charge < -0.3 is 13.6 Å². The van der Waals surface area contributed by atoms with Gasteiger partial charge in [0.05, 0.1) is 40.0 Å². The molecule has 71 heavy (non-hydrogen) atoms. The molecule has 14 rings (SSSR count). The van der Waals surface area contributed by atoms with Gasteiger partial charge in [-0.2, -0.15) is 0 Å². The summed E-state index contributed by atoms with van der Waals surface area (Å²) in [5.74, 6) is 0. The Morgan fingerprint density at radius 3 is 1.10 bits per heavy atom. The number of hydrogen-bond acceptors (Lipinski definition) is 1. The van der Waals surface area contributed by atoms with Crippen molar-refractivity contribution in [3.05, 3.63) is 260 Å². The molecule has 0 atom stereocenters. The highest BCUT2D eigenvalue weighted by molar-refractivity contribution is 6.21. The summed E-state index contributed by atoms with van der Waals surface area (Å²) in [4.78, 5) is 4.65. The van der Waals surface area contributed by atoms with E-state index in [4.69, 9.17) is 4.42 Å². The SMILES string of the molecule is [C-]#[N+]c1c(-n2c3ccc(-c4ccccc4)cc3c3cc(-c4ccccc4)ccc32)cc2oc3c(-c4ccccc4)cccc3c2c1-n1c2ccc(-c3ccccc3)cc2c2cc(-c3ccccc3)ccc21. The zero-order valence-corrected chi connectivity index (χ0v) is 38.4. The summed E-state index contributed by atoms with van der Waals surface area (Å²) < 4.78 is 11.9. The predicted octanol–water partition coefficient (Wildman–Crippen LogP) is 18.7. The molecule has 3 aromatic heterocycles. The highest BCUT2D eigenvalue weighted by Crippen LogP contribution is 2.50. The Labute approximate surface area is 410 Å². The van der Waals surface area contributed by atoms with Gasteiger partial charge in [0, 0.05) is 37.9 Å². The molecule has 0 unspecified atom stereocenters. The number of furan rings is 1. The third kappa shape index (κ3) is 6.45. The first-order valence-electron chi connectivity index (χ1n) is 24.0. The molecule has 330 valence electrons. The lowest BCUT2D eigenvalue weighted by atomic mass is 10.0. The molecule has 0 aliphatic carbocycles.